The zero-order chi connectivity index (χ0) is 21.9. The molecule has 0 heterocycles. The van der Waals surface area contributed by atoms with Gasteiger partial charge in [0.15, 0.2) is 11.6 Å². The van der Waals surface area contributed by atoms with Crippen LogP contribution >= 0.6 is 0 Å². The van der Waals surface area contributed by atoms with Crippen molar-refractivity contribution in [3.8, 4) is 5.75 Å². The minimum atomic E-state index is -5.52. The van der Waals surface area contributed by atoms with Gasteiger partial charge in [-0.2, -0.15) is 22.0 Å². The van der Waals surface area contributed by atoms with Crippen molar-refractivity contribution >= 4 is 0 Å². The van der Waals surface area contributed by atoms with E-state index < -0.39 is 29.6 Å². The Morgan fingerprint density at radius 1 is 0.933 bits per heavy atom. The fraction of sp³-hybridized carbons (Fsp3) is 0.565. The number of benzene rings is 1. The topological polar surface area (TPSA) is 9.23 Å². The minimum Gasteiger partial charge on any atom is -0.426 e. The van der Waals surface area contributed by atoms with Crippen LogP contribution in [-0.4, -0.2) is 6.18 Å². The smallest absolute Gasteiger partial charge is 0.426 e. The lowest BCUT2D eigenvalue weighted by atomic mass is 9.68. The molecule has 0 amide bonds. The van der Waals surface area contributed by atoms with Crippen LogP contribution in [0.25, 0.3) is 0 Å². The quantitative estimate of drug-likeness (QED) is 0.259. The van der Waals surface area contributed by atoms with Gasteiger partial charge in [0.2, 0.25) is 0 Å². The number of hydrogen-bond acceptors (Lipinski definition) is 1. The Balaban J connectivity index is 1.58. The van der Waals surface area contributed by atoms with Crippen LogP contribution in [0.15, 0.2) is 42.7 Å². The molecule has 2 fully saturated rings. The molecule has 0 radical (unpaired) electrons. The van der Waals surface area contributed by atoms with Crippen LogP contribution < -0.4 is 4.74 Å². The van der Waals surface area contributed by atoms with E-state index in [4.69, 9.17) is 0 Å². The molecule has 0 atom stereocenters. The van der Waals surface area contributed by atoms with Gasteiger partial charge in [0.25, 0.3) is 5.83 Å². The highest BCUT2D eigenvalue weighted by atomic mass is 19.4. The van der Waals surface area contributed by atoms with E-state index in [1.165, 1.54) is 31.7 Å². The summed E-state index contributed by atoms with van der Waals surface area (Å²) in [6, 6.07) is 1.21. The molecule has 0 spiro atoms. The van der Waals surface area contributed by atoms with Gasteiger partial charge < -0.3 is 4.74 Å². The van der Waals surface area contributed by atoms with Crippen molar-refractivity contribution in [2.24, 2.45) is 17.8 Å². The molecule has 0 aromatic heterocycles. The second kappa shape index (κ2) is 9.48. The number of alkyl halides is 3. The fourth-order valence-corrected chi connectivity index (χ4v) is 4.88. The Bertz CT molecular complexity index is 768. The summed E-state index contributed by atoms with van der Waals surface area (Å²) in [5.74, 6) is -2.64. The van der Waals surface area contributed by atoms with Gasteiger partial charge in [-0.05, 0) is 92.7 Å². The van der Waals surface area contributed by atoms with E-state index in [2.05, 4.69) is 11.3 Å². The molecule has 3 rings (SSSR count). The fourth-order valence-electron chi connectivity index (χ4n) is 4.88. The average Bonchev–Trinajstić information content (AvgIpc) is 2.74. The highest BCUT2D eigenvalue weighted by molar-refractivity contribution is 5.32. The van der Waals surface area contributed by atoms with Gasteiger partial charge in [-0.3, -0.25) is 0 Å². The molecular formula is C23H26F6O. The van der Waals surface area contributed by atoms with Crippen LogP contribution in [0.1, 0.15) is 62.8 Å². The first-order chi connectivity index (χ1) is 14.2. The van der Waals surface area contributed by atoms with Crippen LogP contribution in [0.3, 0.4) is 0 Å². The van der Waals surface area contributed by atoms with Gasteiger partial charge in [-0.25, -0.2) is 4.39 Å². The summed E-state index contributed by atoms with van der Waals surface area (Å²) in [7, 11) is 0. The first-order valence-electron chi connectivity index (χ1n) is 10.4. The van der Waals surface area contributed by atoms with Crippen molar-refractivity contribution in [3.63, 3.8) is 0 Å². The van der Waals surface area contributed by atoms with Crippen LogP contribution in [0.2, 0.25) is 0 Å². The number of hydrogen-bond donors (Lipinski definition) is 0. The van der Waals surface area contributed by atoms with Crippen LogP contribution in [0.5, 0.6) is 5.75 Å². The second-order valence-corrected chi connectivity index (χ2v) is 8.40. The second-order valence-electron chi connectivity index (χ2n) is 8.40. The van der Waals surface area contributed by atoms with E-state index in [0.717, 1.165) is 43.7 Å². The monoisotopic (exact) mass is 432 g/mol. The molecule has 2 aliphatic carbocycles. The van der Waals surface area contributed by atoms with Crippen molar-refractivity contribution in [1.82, 2.24) is 0 Å². The van der Waals surface area contributed by atoms with E-state index in [9.17, 15) is 26.3 Å². The summed E-state index contributed by atoms with van der Waals surface area (Å²) in [6.45, 7) is 3.88. The zero-order valence-electron chi connectivity index (χ0n) is 16.7. The van der Waals surface area contributed by atoms with Gasteiger partial charge in [0.1, 0.15) is 0 Å². The third kappa shape index (κ3) is 5.41. The Labute approximate surface area is 172 Å². The summed E-state index contributed by atoms with van der Waals surface area (Å²) in [5, 5.41) is 0. The number of halogens is 6. The highest BCUT2D eigenvalue weighted by Gasteiger charge is 2.40. The van der Waals surface area contributed by atoms with Gasteiger partial charge in [-0.1, -0.05) is 12.1 Å². The first-order valence-corrected chi connectivity index (χ1v) is 10.4. The molecule has 0 N–H and O–H groups in total. The lowest BCUT2D eigenvalue weighted by Crippen LogP contribution is -2.25. The van der Waals surface area contributed by atoms with E-state index in [0.29, 0.717) is 17.4 Å². The summed E-state index contributed by atoms with van der Waals surface area (Å²) >= 11 is 0. The molecule has 1 nitrogen and oxygen atoms in total. The van der Waals surface area contributed by atoms with E-state index in [-0.39, 0.29) is 5.92 Å². The Hall–Kier alpha value is -1.92. The van der Waals surface area contributed by atoms with Crippen LogP contribution in [0, 0.1) is 23.6 Å². The number of ether oxygens (including phenoxy) is 1. The minimum absolute atomic E-state index is 0.140. The summed E-state index contributed by atoms with van der Waals surface area (Å²) in [6.07, 6.45) is 5.29. The van der Waals surface area contributed by atoms with Gasteiger partial charge in [0.05, 0.1) is 0 Å². The van der Waals surface area contributed by atoms with Gasteiger partial charge in [0, 0.05) is 0 Å². The highest BCUT2D eigenvalue weighted by Crippen LogP contribution is 2.44. The predicted molar refractivity (Wildman–Crippen MR) is 103 cm³/mol. The third-order valence-corrected chi connectivity index (χ3v) is 6.64. The van der Waals surface area contributed by atoms with Crippen molar-refractivity contribution in [3.05, 3.63) is 54.1 Å². The predicted octanol–water partition coefficient (Wildman–Crippen LogP) is 8.14. The summed E-state index contributed by atoms with van der Waals surface area (Å²) in [5.41, 5.74) is 0.703. The van der Waals surface area contributed by atoms with Gasteiger partial charge in [-0.15, -0.1) is 6.58 Å². The molecule has 166 valence electrons. The van der Waals surface area contributed by atoms with Crippen molar-refractivity contribution in [1.29, 1.82) is 0 Å². The first kappa shape index (κ1) is 22.8. The molecule has 0 aliphatic heterocycles. The van der Waals surface area contributed by atoms with E-state index in [1.807, 2.05) is 6.08 Å². The maximum absolute atomic E-state index is 14.2. The van der Waals surface area contributed by atoms with E-state index in [1.54, 1.807) is 0 Å². The molecule has 0 bridgehead atoms. The molecule has 1 aromatic rings. The summed E-state index contributed by atoms with van der Waals surface area (Å²) < 4.78 is 81.0. The zero-order valence-corrected chi connectivity index (χ0v) is 16.7. The maximum Gasteiger partial charge on any atom is 0.449 e. The average molecular weight is 432 g/mol. The van der Waals surface area contributed by atoms with Crippen molar-refractivity contribution < 1.29 is 31.1 Å². The molecule has 2 aliphatic rings. The molecule has 0 saturated heterocycles. The largest absolute Gasteiger partial charge is 0.449 e. The maximum atomic E-state index is 14.2. The lowest BCUT2D eigenvalue weighted by Gasteiger charge is -2.37. The third-order valence-electron chi connectivity index (χ3n) is 6.64. The Morgan fingerprint density at radius 2 is 1.50 bits per heavy atom. The summed E-state index contributed by atoms with van der Waals surface area (Å²) in [4.78, 5) is 0. The Morgan fingerprint density at radius 3 is 2.00 bits per heavy atom. The molecule has 7 heteroatoms. The molecule has 30 heavy (non-hydrogen) atoms. The molecule has 0 unspecified atom stereocenters. The normalized spacial score (nSPS) is 28.6. The number of rotatable bonds is 5. The SMILES string of the molecule is C=CC1CCC(C2CCC(c3ccc(OC(F)=C(F)C(F)(F)F)c(F)c3)CC2)CC1. The molecular weight excluding hydrogens is 406 g/mol. The van der Waals surface area contributed by atoms with Crippen LogP contribution in [-0.2, 0) is 0 Å². The van der Waals surface area contributed by atoms with Crippen LogP contribution in [0.4, 0.5) is 26.3 Å². The lowest BCUT2D eigenvalue weighted by molar-refractivity contribution is -0.114. The molecule has 2 saturated carbocycles. The van der Waals surface area contributed by atoms with E-state index >= 15 is 0 Å². The molecule has 1 aromatic carbocycles. The Kier molecular flexibility index (Phi) is 7.19. The van der Waals surface area contributed by atoms with Crippen molar-refractivity contribution in [2.45, 2.75) is 63.5 Å². The standard InChI is InChI=1S/C23H26F6O/c1-2-14-3-5-15(6-4-14)16-7-9-17(10-8-16)18-11-12-20(19(24)13-18)30-22(26)21(25)23(27,28)29/h2,11-17H,1,3-10H2. The number of allylic oxidation sites excluding steroid dienone is 2. The van der Waals surface area contributed by atoms with Gasteiger partial charge >= 0.3 is 12.2 Å². The van der Waals surface area contributed by atoms with Crippen molar-refractivity contribution in [2.75, 3.05) is 0 Å².